The highest BCUT2D eigenvalue weighted by Crippen LogP contribution is 2.27. The van der Waals surface area contributed by atoms with Crippen molar-refractivity contribution in [1.29, 1.82) is 0 Å². The van der Waals surface area contributed by atoms with E-state index >= 15 is 0 Å². The first kappa shape index (κ1) is 10.7. The number of hydrogen-bond donors (Lipinski definition) is 1. The number of nitrogens with one attached hydrogen (secondary N) is 1. The molecule has 0 bridgehead atoms. The van der Waals surface area contributed by atoms with Crippen molar-refractivity contribution in [2.45, 2.75) is 58.8 Å². The molecule has 0 amide bonds. The molecule has 1 N–H and O–H groups in total. The molecule has 0 fully saturated rings. The standard InChI is InChI=1S/C13H22N2/c1-4-10(5-2)13-14-11-7-6-9(3)8-12(11)15-13/h9-10H,4-8H2,1-3H3,(H,14,15). The summed E-state index contributed by atoms with van der Waals surface area (Å²) in [4.78, 5) is 8.33. The van der Waals surface area contributed by atoms with E-state index in [9.17, 15) is 0 Å². The topological polar surface area (TPSA) is 28.7 Å². The second-order valence-corrected chi connectivity index (χ2v) is 4.91. The van der Waals surface area contributed by atoms with Gasteiger partial charge in [-0.3, -0.25) is 0 Å². The normalized spacial score (nSPS) is 20.7. The van der Waals surface area contributed by atoms with Gasteiger partial charge in [-0.25, -0.2) is 4.98 Å². The van der Waals surface area contributed by atoms with E-state index < -0.39 is 0 Å². The summed E-state index contributed by atoms with van der Waals surface area (Å²) >= 11 is 0. The SMILES string of the molecule is CCC(CC)c1nc2c([nH]1)CC(C)CC2. The van der Waals surface area contributed by atoms with Gasteiger partial charge in [-0.1, -0.05) is 20.8 Å². The summed E-state index contributed by atoms with van der Waals surface area (Å²) in [6.45, 7) is 6.83. The molecule has 0 aliphatic heterocycles. The Labute approximate surface area is 92.5 Å². The molecule has 0 aromatic carbocycles. The summed E-state index contributed by atoms with van der Waals surface area (Å²) in [7, 11) is 0. The third-order valence-electron chi connectivity index (χ3n) is 3.68. The van der Waals surface area contributed by atoms with Crippen LogP contribution in [0.4, 0.5) is 0 Å². The second kappa shape index (κ2) is 4.38. The van der Waals surface area contributed by atoms with Crippen LogP contribution in [0.3, 0.4) is 0 Å². The van der Waals surface area contributed by atoms with Gasteiger partial charge in [0.15, 0.2) is 0 Å². The van der Waals surface area contributed by atoms with Crippen LogP contribution >= 0.6 is 0 Å². The summed E-state index contributed by atoms with van der Waals surface area (Å²) in [6.07, 6.45) is 6.06. The summed E-state index contributed by atoms with van der Waals surface area (Å²) < 4.78 is 0. The van der Waals surface area contributed by atoms with Crippen LogP contribution in [0.5, 0.6) is 0 Å². The summed E-state index contributed by atoms with van der Waals surface area (Å²) in [5.41, 5.74) is 2.76. The first-order valence-corrected chi connectivity index (χ1v) is 6.32. The van der Waals surface area contributed by atoms with Gasteiger partial charge in [0.1, 0.15) is 5.82 Å². The van der Waals surface area contributed by atoms with Crippen LogP contribution in [0.1, 0.15) is 63.2 Å². The van der Waals surface area contributed by atoms with Gasteiger partial charge >= 0.3 is 0 Å². The molecule has 1 heterocycles. The lowest BCUT2D eigenvalue weighted by atomic mass is 9.92. The fourth-order valence-electron chi connectivity index (χ4n) is 2.55. The Morgan fingerprint density at radius 1 is 1.40 bits per heavy atom. The predicted molar refractivity (Wildman–Crippen MR) is 63.1 cm³/mol. The molecule has 1 atom stereocenters. The molecule has 0 radical (unpaired) electrons. The molecule has 84 valence electrons. The lowest BCUT2D eigenvalue weighted by molar-refractivity contribution is 0.491. The first-order chi connectivity index (χ1) is 7.24. The molecule has 1 aromatic heterocycles. The highest BCUT2D eigenvalue weighted by Gasteiger charge is 2.21. The molecule has 1 unspecified atom stereocenters. The van der Waals surface area contributed by atoms with Crippen LogP contribution < -0.4 is 0 Å². The van der Waals surface area contributed by atoms with E-state index in [1.54, 1.807) is 0 Å². The zero-order valence-electron chi connectivity index (χ0n) is 10.1. The summed E-state index contributed by atoms with van der Waals surface area (Å²) in [5, 5.41) is 0. The van der Waals surface area contributed by atoms with Crippen LogP contribution in [-0.2, 0) is 12.8 Å². The quantitative estimate of drug-likeness (QED) is 0.806. The van der Waals surface area contributed by atoms with Crippen molar-refractivity contribution < 1.29 is 0 Å². The fraction of sp³-hybridized carbons (Fsp3) is 0.769. The second-order valence-electron chi connectivity index (χ2n) is 4.91. The lowest BCUT2D eigenvalue weighted by Crippen LogP contribution is -2.10. The minimum atomic E-state index is 0.630. The molecule has 1 aliphatic rings. The van der Waals surface area contributed by atoms with Gasteiger partial charge in [0.25, 0.3) is 0 Å². The van der Waals surface area contributed by atoms with Crippen molar-refractivity contribution in [2.75, 3.05) is 0 Å². The van der Waals surface area contributed by atoms with Gasteiger partial charge in [-0.2, -0.15) is 0 Å². The number of nitrogens with zero attached hydrogens (tertiary/aromatic N) is 1. The smallest absolute Gasteiger partial charge is 0.109 e. The van der Waals surface area contributed by atoms with Crippen molar-refractivity contribution in [1.82, 2.24) is 9.97 Å². The van der Waals surface area contributed by atoms with Gasteiger partial charge < -0.3 is 4.98 Å². The van der Waals surface area contributed by atoms with E-state index in [-0.39, 0.29) is 0 Å². The number of aromatic amines is 1. The van der Waals surface area contributed by atoms with Gasteiger partial charge in [0.05, 0.1) is 5.69 Å². The zero-order chi connectivity index (χ0) is 10.8. The van der Waals surface area contributed by atoms with E-state index in [2.05, 4.69) is 25.8 Å². The Balaban J connectivity index is 2.22. The molecule has 0 spiro atoms. The first-order valence-electron chi connectivity index (χ1n) is 6.32. The van der Waals surface area contributed by atoms with E-state index in [0.29, 0.717) is 5.92 Å². The van der Waals surface area contributed by atoms with Gasteiger partial charge in [0.2, 0.25) is 0 Å². The fourth-order valence-corrected chi connectivity index (χ4v) is 2.55. The Bertz CT molecular complexity index is 323. The van der Waals surface area contributed by atoms with E-state index in [1.807, 2.05) is 0 Å². The third kappa shape index (κ3) is 2.09. The average Bonchev–Trinajstić information content (AvgIpc) is 2.62. The number of aromatic nitrogens is 2. The molecule has 2 heteroatoms. The maximum absolute atomic E-state index is 4.77. The van der Waals surface area contributed by atoms with Crippen molar-refractivity contribution in [3.05, 3.63) is 17.2 Å². The van der Waals surface area contributed by atoms with E-state index in [1.165, 1.54) is 49.3 Å². The van der Waals surface area contributed by atoms with Crippen molar-refractivity contribution in [3.8, 4) is 0 Å². The largest absolute Gasteiger partial charge is 0.345 e. The maximum atomic E-state index is 4.77. The average molecular weight is 206 g/mol. The highest BCUT2D eigenvalue weighted by atomic mass is 14.9. The predicted octanol–water partition coefficient (Wildman–Crippen LogP) is 3.44. The Morgan fingerprint density at radius 2 is 2.13 bits per heavy atom. The van der Waals surface area contributed by atoms with Gasteiger partial charge in [0, 0.05) is 11.6 Å². The summed E-state index contributed by atoms with van der Waals surface area (Å²) in [5.74, 6) is 2.69. The minimum absolute atomic E-state index is 0.630. The number of hydrogen-bond acceptors (Lipinski definition) is 1. The maximum Gasteiger partial charge on any atom is 0.109 e. The van der Waals surface area contributed by atoms with Crippen LogP contribution in [0.25, 0.3) is 0 Å². The van der Waals surface area contributed by atoms with Crippen LogP contribution in [0, 0.1) is 5.92 Å². The molecule has 15 heavy (non-hydrogen) atoms. The van der Waals surface area contributed by atoms with Gasteiger partial charge in [-0.05, 0) is 38.0 Å². The van der Waals surface area contributed by atoms with Crippen molar-refractivity contribution >= 4 is 0 Å². The highest BCUT2D eigenvalue weighted by molar-refractivity contribution is 5.20. The van der Waals surface area contributed by atoms with Crippen molar-refractivity contribution in [3.63, 3.8) is 0 Å². The number of aryl methyl sites for hydroxylation is 1. The number of fused-ring (bicyclic) bond motifs is 1. The molecule has 0 saturated heterocycles. The number of imidazole rings is 1. The molecule has 2 nitrogen and oxygen atoms in total. The van der Waals surface area contributed by atoms with Crippen molar-refractivity contribution in [2.24, 2.45) is 5.92 Å². The van der Waals surface area contributed by atoms with E-state index in [4.69, 9.17) is 4.98 Å². The van der Waals surface area contributed by atoms with Crippen LogP contribution in [-0.4, -0.2) is 9.97 Å². The third-order valence-corrected chi connectivity index (χ3v) is 3.68. The Morgan fingerprint density at radius 3 is 2.80 bits per heavy atom. The van der Waals surface area contributed by atoms with Gasteiger partial charge in [-0.15, -0.1) is 0 Å². The van der Waals surface area contributed by atoms with Crippen LogP contribution in [0.15, 0.2) is 0 Å². The number of rotatable bonds is 3. The molecule has 1 aromatic rings. The van der Waals surface area contributed by atoms with E-state index in [0.717, 1.165) is 5.92 Å². The Hall–Kier alpha value is -0.790. The monoisotopic (exact) mass is 206 g/mol. The Kier molecular flexibility index (Phi) is 3.13. The minimum Gasteiger partial charge on any atom is -0.345 e. The molecular weight excluding hydrogens is 184 g/mol. The number of H-pyrrole nitrogens is 1. The molecule has 0 saturated carbocycles. The van der Waals surface area contributed by atoms with Crippen LogP contribution in [0.2, 0.25) is 0 Å². The molecular formula is C13H22N2. The molecule has 1 aliphatic carbocycles. The summed E-state index contributed by atoms with van der Waals surface area (Å²) in [6, 6.07) is 0. The molecule has 2 rings (SSSR count). The zero-order valence-corrected chi connectivity index (χ0v) is 10.1. The lowest BCUT2D eigenvalue weighted by Gasteiger charge is -2.15.